The normalized spacial score (nSPS) is 8.08. The van der Waals surface area contributed by atoms with Crippen molar-refractivity contribution in [3.63, 3.8) is 0 Å². The van der Waals surface area contributed by atoms with Gasteiger partial charge in [0, 0.05) is 44.8 Å². The van der Waals surface area contributed by atoms with Gasteiger partial charge < -0.3 is 7.43 Å². The first-order valence-electron chi connectivity index (χ1n) is 3.47. The molecule has 0 atom stereocenters. The fourth-order valence-corrected chi connectivity index (χ4v) is 0.853. The van der Waals surface area contributed by atoms with E-state index < -0.39 is 0 Å². The zero-order valence-electron chi connectivity index (χ0n) is 7.86. The van der Waals surface area contributed by atoms with Gasteiger partial charge in [-0.3, -0.25) is 10.1 Å². The molecule has 0 N–H and O–H groups in total. The van der Waals surface area contributed by atoms with Crippen LogP contribution in [-0.2, 0) is 39.1 Å². The van der Waals surface area contributed by atoms with Crippen molar-refractivity contribution in [3.8, 4) is 0 Å². The number of hydrogen-bond donors (Lipinski definition) is 0. The van der Waals surface area contributed by atoms with E-state index >= 15 is 0 Å². The summed E-state index contributed by atoms with van der Waals surface area (Å²) in [7, 11) is 0. The average Bonchev–Trinajstić information content (AvgIpc) is 2.05. The van der Waals surface area contributed by atoms with Gasteiger partial charge in [0.15, 0.2) is 0 Å². The van der Waals surface area contributed by atoms with Crippen molar-refractivity contribution in [2.75, 3.05) is 0 Å². The van der Waals surface area contributed by atoms with Gasteiger partial charge in [0.1, 0.15) is 0 Å². The smallest absolute Gasteiger partial charge is 0.269 e. The Kier molecular flexibility index (Phi) is 8.37. The van der Waals surface area contributed by atoms with Gasteiger partial charge in [0.2, 0.25) is 0 Å². The predicted octanol–water partition coefficient (Wildman–Crippen LogP) is 2.60. The van der Waals surface area contributed by atoms with Crippen molar-refractivity contribution in [2.45, 2.75) is 13.3 Å². The molecule has 4 heteroatoms. The van der Waals surface area contributed by atoms with E-state index in [1.54, 1.807) is 12.1 Å². The van der Waals surface area contributed by atoms with Crippen LogP contribution in [0.2, 0.25) is 0 Å². The standard InChI is InChI=1S/C8H9NO2.CH3.Y/c1-2-7-3-5-8(6-4-7)9(10)11;;/h3-6H,2H2,1H3;1H3;/q;-1;. The van der Waals surface area contributed by atoms with Gasteiger partial charge in [-0.25, -0.2) is 0 Å². The second kappa shape index (κ2) is 7.16. The molecule has 0 saturated carbocycles. The van der Waals surface area contributed by atoms with E-state index in [1.165, 1.54) is 12.1 Å². The van der Waals surface area contributed by atoms with E-state index in [2.05, 4.69) is 0 Å². The molecule has 0 heterocycles. The predicted molar refractivity (Wildman–Crippen MR) is 48.9 cm³/mol. The van der Waals surface area contributed by atoms with Crippen LogP contribution in [0.3, 0.4) is 0 Å². The molecule has 0 saturated heterocycles. The third-order valence-electron chi connectivity index (χ3n) is 1.56. The largest absolute Gasteiger partial charge is 0.358 e. The Bertz CT molecular complexity index is 259. The van der Waals surface area contributed by atoms with E-state index in [0.717, 1.165) is 12.0 Å². The summed E-state index contributed by atoms with van der Waals surface area (Å²) in [5.74, 6) is 0. The van der Waals surface area contributed by atoms with Crippen molar-refractivity contribution in [2.24, 2.45) is 0 Å². The molecule has 0 aliphatic carbocycles. The second-order valence-corrected chi connectivity index (χ2v) is 2.28. The SMILES string of the molecule is CCc1ccc([N+](=O)[O-])cc1.[CH3-].[Y]. The Morgan fingerprint density at radius 3 is 2.08 bits per heavy atom. The molecule has 69 valence electrons. The van der Waals surface area contributed by atoms with Gasteiger partial charge in [0.05, 0.1) is 4.92 Å². The molecular weight excluding hydrogens is 243 g/mol. The monoisotopic (exact) mass is 255 g/mol. The van der Waals surface area contributed by atoms with Crippen LogP contribution >= 0.6 is 0 Å². The fourth-order valence-electron chi connectivity index (χ4n) is 0.853. The third-order valence-corrected chi connectivity index (χ3v) is 1.56. The first-order chi connectivity index (χ1) is 5.24. The summed E-state index contributed by atoms with van der Waals surface area (Å²) in [6, 6.07) is 6.61. The third kappa shape index (κ3) is 4.48. The van der Waals surface area contributed by atoms with Crippen molar-refractivity contribution in [1.29, 1.82) is 0 Å². The minimum atomic E-state index is -0.389. The first kappa shape index (κ1) is 15.2. The Morgan fingerprint density at radius 2 is 1.77 bits per heavy atom. The molecule has 0 aliphatic rings. The molecule has 0 bridgehead atoms. The maximum Gasteiger partial charge on any atom is 0.269 e. The Labute approximate surface area is 104 Å². The summed E-state index contributed by atoms with van der Waals surface area (Å²) in [5.41, 5.74) is 1.28. The number of nitro groups is 1. The van der Waals surface area contributed by atoms with Crippen LogP contribution in [0.5, 0.6) is 0 Å². The van der Waals surface area contributed by atoms with E-state index in [1.807, 2.05) is 6.92 Å². The Balaban J connectivity index is 0. The number of rotatable bonds is 2. The molecule has 1 aromatic rings. The topological polar surface area (TPSA) is 43.1 Å². The molecular formula is C9H12NO2Y-. The molecule has 13 heavy (non-hydrogen) atoms. The van der Waals surface area contributed by atoms with Crippen LogP contribution in [0.25, 0.3) is 0 Å². The van der Waals surface area contributed by atoms with Crippen LogP contribution in [-0.4, -0.2) is 4.92 Å². The number of aryl methyl sites for hydroxylation is 1. The van der Waals surface area contributed by atoms with Gasteiger partial charge in [-0.2, -0.15) is 0 Å². The maximum atomic E-state index is 10.2. The zero-order valence-corrected chi connectivity index (χ0v) is 10.7. The Morgan fingerprint density at radius 1 is 1.31 bits per heavy atom. The van der Waals surface area contributed by atoms with E-state index in [0.29, 0.717) is 0 Å². The van der Waals surface area contributed by atoms with Crippen molar-refractivity contribution in [3.05, 3.63) is 47.4 Å². The molecule has 0 amide bonds. The minimum Gasteiger partial charge on any atom is -0.358 e. The summed E-state index contributed by atoms with van der Waals surface area (Å²) in [4.78, 5) is 9.82. The van der Waals surface area contributed by atoms with Crippen LogP contribution in [0.4, 0.5) is 5.69 Å². The van der Waals surface area contributed by atoms with E-state index in [4.69, 9.17) is 0 Å². The van der Waals surface area contributed by atoms with Gasteiger partial charge in [-0.05, 0) is 12.0 Å². The van der Waals surface area contributed by atoms with Crippen LogP contribution in [0.1, 0.15) is 12.5 Å². The van der Waals surface area contributed by atoms with Gasteiger partial charge >= 0.3 is 0 Å². The Hall–Kier alpha value is -0.276. The maximum absolute atomic E-state index is 10.2. The number of non-ortho nitro benzene ring substituents is 1. The molecule has 0 unspecified atom stereocenters. The van der Waals surface area contributed by atoms with Crippen molar-refractivity contribution in [1.82, 2.24) is 0 Å². The van der Waals surface area contributed by atoms with Gasteiger partial charge in [-0.1, -0.05) is 19.1 Å². The molecule has 0 fully saturated rings. The molecule has 3 nitrogen and oxygen atoms in total. The summed E-state index contributed by atoms with van der Waals surface area (Å²) in [6.07, 6.45) is 0.915. The van der Waals surface area contributed by atoms with E-state index in [9.17, 15) is 10.1 Å². The summed E-state index contributed by atoms with van der Waals surface area (Å²) in [6.45, 7) is 2.02. The van der Waals surface area contributed by atoms with Crippen LogP contribution in [0.15, 0.2) is 24.3 Å². The number of nitrogens with zero attached hydrogens (tertiary/aromatic N) is 1. The van der Waals surface area contributed by atoms with Crippen molar-refractivity contribution < 1.29 is 37.6 Å². The first-order valence-corrected chi connectivity index (χ1v) is 3.47. The second-order valence-electron chi connectivity index (χ2n) is 2.28. The molecule has 1 aromatic carbocycles. The molecule has 0 aliphatic heterocycles. The van der Waals surface area contributed by atoms with Crippen LogP contribution < -0.4 is 0 Å². The van der Waals surface area contributed by atoms with Crippen LogP contribution in [0, 0.1) is 17.5 Å². The van der Waals surface area contributed by atoms with Gasteiger partial charge in [0.25, 0.3) is 5.69 Å². The minimum absolute atomic E-state index is 0. The molecule has 0 aromatic heterocycles. The summed E-state index contributed by atoms with van der Waals surface area (Å²) in [5, 5.41) is 10.2. The summed E-state index contributed by atoms with van der Waals surface area (Å²) >= 11 is 0. The molecule has 1 rings (SSSR count). The molecule has 0 spiro atoms. The average molecular weight is 255 g/mol. The van der Waals surface area contributed by atoms with E-state index in [-0.39, 0.29) is 50.7 Å². The number of nitro benzene ring substituents is 1. The number of benzene rings is 1. The number of hydrogen-bond acceptors (Lipinski definition) is 2. The summed E-state index contributed by atoms with van der Waals surface area (Å²) < 4.78 is 0. The van der Waals surface area contributed by atoms with Crippen molar-refractivity contribution >= 4 is 5.69 Å². The zero-order chi connectivity index (χ0) is 8.27. The molecule has 1 radical (unpaired) electrons. The fraction of sp³-hybridized carbons (Fsp3) is 0.222. The van der Waals surface area contributed by atoms with Gasteiger partial charge in [-0.15, -0.1) is 0 Å². The quantitative estimate of drug-likeness (QED) is 0.463.